The van der Waals surface area contributed by atoms with Gasteiger partial charge >= 0.3 is 0 Å². The van der Waals surface area contributed by atoms with Crippen LogP contribution >= 0.6 is 22.7 Å². The summed E-state index contributed by atoms with van der Waals surface area (Å²) in [5, 5.41) is 27.0. The Morgan fingerprint density at radius 3 is 2.13 bits per heavy atom. The van der Waals surface area contributed by atoms with Gasteiger partial charge in [-0.15, -0.1) is 22.7 Å². The van der Waals surface area contributed by atoms with Crippen molar-refractivity contribution in [1.29, 1.82) is 0 Å². The van der Waals surface area contributed by atoms with Gasteiger partial charge in [-0.05, 0) is 58.4 Å². The Labute approximate surface area is 460 Å². The molecule has 0 bridgehead atoms. The minimum absolute atomic E-state index is 0.00906. The van der Waals surface area contributed by atoms with E-state index < -0.39 is 51.3 Å². The molecule has 20 nitrogen and oxygen atoms in total. The normalized spacial score (nSPS) is 17.6. The van der Waals surface area contributed by atoms with E-state index in [2.05, 4.69) is 41.5 Å². The van der Waals surface area contributed by atoms with E-state index >= 15 is 0 Å². The molecule has 410 valence electrons. The van der Waals surface area contributed by atoms with Crippen molar-refractivity contribution in [1.82, 2.24) is 49.9 Å². The van der Waals surface area contributed by atoms with E-state index in [9.17, 15) is 42.3 Å². The SMILES string of the molecule is Cc1ncsc1-c1ccc(CNC(=O)[C@@H]2C[C@@H](O)CN2C(=O)[C@@H](NC(=O)CN2CC3(CN(CC(=O)NCc4cccc(-c5cccc(-c6csc(NC(=O)CNC(=O)c7ccn(S(C)(=O)=O)c7)n6)c5)c4)C3)C2)C(C)(C)C)cc1. The first kappa shape index (κ1) is 55.6. The summed E-state index contributed by atoms with van der Waals surface area (Å²) in [5.74, 6) is -2.26. The molecule has 6 aromatic rings. The van der Waals surface area contributed by atoms with Crippen LogP contribution in [0.5, 0.6) is 0 Å². The van der Waals surface area contributed by atoms with Gasteiger partial charge in [0.15, 0.2) is 5.13 Å². The molecule has 0 radical (unpaired) electrons. The van der Waals surface area contributed by atoms with Gasteiger partial charge in [0, 0.05) is 81.0 Å². The molecule has 3 fully saturated rings. The molecular weight excluding hydrogens is 1050 g/mol. The smallest absolute Gasteiger partial charge is 0.253 e. The number of aliphatic hydroxyl groups excluding tert-OH is 1. The summed E-state index contributed by atoms with van der Waals surface area (Å²) in [6.07, 6.45) is 2.67. The number of amides is 6. The van der Waals surface area contributed by atoms with Gasteiger partial charge in [-0.1, -0.05) is 81.4 Å². The largest absolute Gasteiger partial charge is 0.391 e. The molecule has 0 saturated carbocycles. The number of carbonyl (C=O) groups is 6. The highest BCUT2D eigenvalue weighted by Crippen LogP contribution is 2.39. The number of likely N-dealkylation sites (tertiary alicyclic amines) is 3. The molecule has 6 N–H and O–H groups in total. The van der Waals surface area contributed by atoms with Crippen molar-refractivity contribution in [2.75, 3.05) is 63.9 Å². The van der Waals surface area contributed by atoms with E-state index in [1.807, 2.05) is 116 Å². The van der Waals surface area contributed by atoms with Gasteiger partial charge < -0.3 is 36.6 Å². The third-order valence-corrected chi connectivity index (χ3v) is 16.8. The number of nitrogens with one attached hydrogen (secondary N) is 5. The molecule has 9 rings (SSSR count). The maximum absolute atomic E-state index is 14.2. The van der Waals surface area contributed by atoms with Crippen LogP contribution in [-0.4, -0.2) is 154 Å². The monoisotopic (exact) mass is 1120 g/mol. The predicted octanol–water partition coefficient (Wildman–Crippen LogP) is 3.93. The molecular formula is C55H63N11O9S3. The number of anilines is 1. The van der Waals surface area contributed by atoms with Crippen LogP contribution in [0.1, 0.15) is 54.4 Å². The molecule has 78 heavy (non-hydrogen) atoms. The van der Waals surface area contributed by atoms with Crippen LogP contribution in [0, 0.1) is 17.8 Å². The topological polar surface area (TPSA) is 257 Å². The van der Waals surface area contributed by atoms with E-state index in [0.29, 0.717) is 30.5 Å². The minimum Gasteiger partial charge on any atom is -0.391 e. The van der Waals surface area contributed by atoms with Crippen molar-refractivity contribution in [3.63, 3.8) is 0 Å². The fourth-order valence-corrected chi connectivity index (χ4v) is 12.3. The summed E-state index contributed by atoms with van der Waals surface area (Å²) in [5.41, 5.74) is 8.39. The number of rotatable bonds is 19. The Kier molecular flexibility index (Phi) is 16.4. The van der Waals surface area contributed by atoms with Crippen LogP contribution in [0.4, 0.5) is 5.13 Å². The number of nitrogens with zero attached hydrogens (tertiary/aromatic N) is 6. The maximum atomic E-state index is 14.2. The average molecular weight is 1120 g/mol. The predicted molar refractivity (Wildman–Crippen MR) is 297 cm³/mol. The molecule has 3 aromatic heterocycles. The number of thiazole rings is 2. The van der Waals surface area contributed by atoms with Crippen LogP contribution in [0.25, 0.3) is 32.8 Å². The second kappa shape index (κ2) is 23.1. The van der Waals surface area contributed by atoms with Gasteiger partial charge in [0.25, 0.3) is 5.91 Å². The van der Waals surface area contributed by atoms with Crippen molar-refractivity contribution < 1.29 is 42.3 Å². The van der Waals surface area contributed by atoms with Gasteiger partial charge in [-0.2, -0.15) is 0 Å². The number of carbonyl (C=O) groups excluding carboxylic acids is 6. The molecule has 1 spiro atoms. The van der Waals surface area contributed by atoms with Crippen molar-refractivity contribution in [2.24, 2.45) is 10.8 Å². The third-order valence-electron chi connectivity index (χ3n) is 14.1. The van der Waals surface area contributed by atoms with Gasteiger partial charge in [0.2, 0.25) is 39.6 Å². The molecule has 6 amide bonds. The molecule has 3 atom stereocenters. The van der Waals surface area contributed by atoms with Gasteiger partial charge in [0.1, 0.15) is 12.1 Å². The minimum atomic E-state index is -3.55. The summed E-state index contributed by atoms with van der Waals surface area (Å²) >= 11 is 2.80. The lowest BCUT2D eigenvalue weighted by atomic mass is 9.73. The van der Waals surface area contributed by atoms with Gasteiger partial charge in [-0.25, -0.2) is 18.4 Å². The highest BCUT2D eigenvalue weighted by atomic mass is 32.2. The maximum Gasteiger partial charge on any atom is 0.253 e. The number of β-amino-alcohol motifs (C(OH)–C–C–N with tert-alkyl or cyclic N) is 1. The zero-order valence-electron chi connectivity index (χ0n) is 43.9. The Balaban J connectivity index is 0.689. The Bertz CT molecular complexity index is 3330. The van der Waals surface area contributed by atoms with Gasteiger partial charge in [0.05, 0.1) is 59.3 Å². The van der Waals surface area contributed by atoms with Crippen molar-refractivity contribution in [2.45, 2.75) is 65.4 Å². The lowest BCUT2D eigenvalue weighted by Crippen LogP contribution is -2.73. The summed E-state index contributed by atoms with van der Waals surface area (Å²) in [6, 6.07) is 23.1. The van der Waals surface area contributed by atoms with E-state index in [4.69, 9.17) is 0 Å². The molecule has 6 heterocycles. The standard InChI is InChI=1S/C55H63N11O9S3/c1-34-48(77-33-59-34)37-14-12-35(13-15-37)21-57-51(72)44-20-42(67)25-66(44)52(73)49(54(2,3)4)61-47(70)27-64-31-55(32-64)29-63(30-55)26-46(69)56-22-36-8-6-9-38(18-36)39-10-7-11-40(19-39)43-28-76-53(60-43)62-45(68)23-58-50(71)41-16-17-65(24-41)78(5,74)75/h6-19,24,28,33,42,44,49,67H,20-23,25-27,29-32H2,1-5H3,(H,56,69)(H,57,72)(H,58,71)(H,61,70)(H,60,62,68)/t42-,44+,49-/m1/s1. The Morgan fingerprint density at radius 1 is 0.795 bits per heavy atom. The molecule has 3 aromatic carbocycles. The first-order valence-electron chi connectivity index (χ1n) is 25.5. The summed E-state index contributed by atoms with van der Waals surface area (Å²) in [7, 11) is -3.55. The molecule has 3 aliphatic rings. The van der Waals surface area contributed by atoms with E-state index in [0.717, 1.165) is 67.3 Å². The zero-order valence-corrected chi connectivity index (χ0v) is 46.4. The lowest BCUT2D eigenvalue weighted by Gasteiger charge is -2.60. The molecule has 3 aliphatic heterocycles. The number of hydrogen-bond donors (Lipinski definition) is 6. The van der Waals surface area contributed by atoms with Crippen LogP contribution in [0.3, 0.4) is 0 Å². The second-order valence-corrected chi connectivity index (χ2v) is 25.2. The van der Waals surface area contributed by atoms with E-state index in [1.54, 1.807) is 11.3 Å². The zero-order chi connectivity index (χ0) is 55.5. The summed E-state index contributed by atoms with van der Waals surface area (Å²) in [6.45, 7) is 11.0. The Morgan fingerprint density at radius 2 is 1.46 bits per heavy atom. The molecule has 23 heteroatoms. The lowest BCUT2D eigenvalue weighted by molar-refractivity contribution is -0.147. The number of aliphatic hydroxyl groups is 1. The Hall–Kier alpha value is -7.15. The summed E-state index contributed by atoms with van der Waals surface area (Å²) < 4.78 is 24.3. The molecule has 3 saturated heterocycles. The number of hydrogen-bond acceptors (Lipinski definition) is 15. The molecule has 0 unspecified atom stereocenters. The third kappa shape index (κ3) is 13.4. The quantitative estimate of drug-likeness (QED) is 0.0673. The first-order chi connectivity index (χ1) is 37.1. The average Bonchev–Trinajstić information content (AvgIpc) is 4.34. The van der Waals surface area contributed by atoms with Gasteiger partial charge in [-0.3, -0.25) is 42.5 Å². The van der Waals surface area contributed by atoms with Crippen molar-refractivity contribution in [3.05, 3.63) is 125 Å². The van der Waals surface area contributed by atoms with Crippen LogP contribution in [-0.2, 0) is 47.1 Å². The number of benzene rings is 3. The number of aryl methyl sites for hydroxylation is 1. The van der Waals surface area contributed by atoms with Crippen LogP contribution in [0.2, 0.25) is 0 Å². The van der Waals surface area contributed by atoms with Crippen molar-refractivity contribution in [3.8, 4) is 32.8 Å². The van der Waals surface area contributed by atoms with Crippen LogP contribution < -0.4 is 26.6 Å². The number of aromatic nitrogens is 3. The second-order valence-electron chi connectivity index (χ2n) is 21.6. The fourth-order valence-electron chi connectivity index (χ4n) is 10.2. The highest BCUT2D eigenvalue weighted by Gasteiger charge is 2.52. The highest BCUT2D eigenvalue weighted by molar-refractivity contribution is 7.89. The van der Waals surface area contributed by atoms with E-state index in [-0.39, 0.29) is 67.8 Å². The summed E-state index contributed by atoms with van der Waals surface area (Å²) in [4.78, 5) is 95.0. The fraction of sp³-hybridized carbons (Fsp3) is 0.382. The van der Waals surface area contributed by atoms with Crippen molar-refractivity contribution >= 4 is 73.3 Å². The molecule has 0 aliphatic carbocycles. The first-order valence-corrected chi connectivity index (χ1v) is 29.1. The van der Waals surface area contributed by atoms with Crippen LogP contribution in [0.15, 0.2) is 102 Å². The van der Waals surface area contributed by atoms with E-state index in [1.165, 1.54) is 34.7 Å².